The molecule has 35 heavy (non-hydrogen) atoms. The topological polar surface area (TPSA) is 84.0 Å². The summed E-state index contributed by atoms with van der Waals surface area (Å²) < 4.78 is 5.50. The first-order valence-corrected chi connectivity index (χ1v) is 12.4. The van der Waals surface area contributed by atoms with Gasteiger partial charge in [0, 0.05) is 13.0 Å². The van der Waals surface area contributed by atoms with Crippen molar-refractivity contribution >= 4 is 58.3 Å². The van der Waals surface area contributed by atoms with Crippen molar-refractivity contribution in [2.75, 3.05) is 16.3 Å². The maximum absolute atomic E-state index is 12.9. The Morgan fingerprint density at radius 3 is 2.43 bits per heavy atom. The van der Waals surface area contributed by atoms with Crippen LogP contribution in [0.2, 0.25) is 10.0 Å². The zero-order valence-electron chi connectivity index (χ0n) is 19.1. The zero-order valence-corrected chi connectivity index (χ0v) is 20.6. The zero-order chi connectivity index (χ0) is 24.9. The molecule has 3 fully saturated rings. The van der Waals surface area contributed by atoms with E-state index in [1.807, 2.05) is 0 Å². The van der Waals surface area contributed by atoms with Crippen LogP contribution in [0.25, 0.3) is 0 Å². The number of imide groups is 1. The molecule has 182 valence electrons. The molecule has 2 saturated heterocycles. The third kappa shape index (κ3) is 4.32. The van der Waals surface area contributed by atoms with Gasteiger partial charge in [0.2, 0.25) is 17.7 Å². The van der Waals surface area contributed by atoms with E-state index in [0.29, 0.717) is 22.3 Å². The molecule has 7 nitrogen and oxygen atoms in total. The molecule has 9 heteroatoms. The van der Waals surface area contributed by atoms with Crippen molar-refractivity contribution < 1.29 is 23.9 Å². The molecular formula is C26H24Cl2N2O5. The summed E-state index contributed by atoms with van der Waals surface area (Å²) in [5.74, 6) is -1.54. The number of benzene rings is 2. The van der Waals surface area contributed by atoms with Crippen LogP contribution in [0.15, 0.2) is 42.5 Å². The van der Waals surface area contributed by atoms with Crippen LogP contribution in [0.5, 0.6) is 5.75 Å². The molecule has 3 amide bonds. The van der Waals surface area contributed by atoms with Crippen LogP contribution in [0.4, 0.5) is 11.4 Å². The number of fused-ring (bicyclic) bond motifs is 1. The van der Waals surface area contributed by atoms with Crippen LogP contribution >= 0.6 is 23.2 Å². The summed E-state index contributed by atoms with van der Waals surface area (Å²) >= 11 is 12.3. The van der Waals surface area contributed by atoms with Crippen molar-refractivity contribution in [3.63, 3.8) is 0 Å². The van der Waals surface area contributed by atoms with Gasteiger partial charge in [0.1, 0.15) is 5.75 Å². The van der Waals surface area contributed by atoms with Gasteiger partial charge in [-0.3, -0.25) is 24.1 Å². The quantitative estimate of drug-likeness (QED) is 0.330. The molecule has 5 rings (SSSR count). The lowest BCUT2D eigenvalue weighted by Gasteiger charge is -2.25. The summed E-state index contributed by atoms with van der Waals surface area (Å²) in [6.07, 6.45) is 2.42. The third-order valence-corrected chi connectivity index (χ3v) is 7.99. The van der Waals surface area contributed by atoms with Crippen LogP contribution in [-0.4, -0.2) is 30.2 Å². The first-order chi connectivity index (χ1) is 16.7. The molecule has 4 atom stereocenters. The van der Waals surface area contributed by atoms with E-state index in [1.165, 1.54) is 9.80 Å². The second kappa shape index (κ2) is 9.28. The van der Waals surface area contributed by atoms with Gasteiger partial charge in [0.05, 0.1) is 39.2 Å². The molecule has 2 aliphatic heterocycles. The maximum Gasteiger partial charge on any atom is 0.316 e. The molecule has 0 spiro atoms. The van der Waals surface area contributed by atoms with Gasteiger partial charge in [-0.2, -0.15) is 0 Å². The van der Waals surface area contributed by atoms with Crippen LogP contribution < -0.4 is 14.5 Å². The van der Waals surface area contributed by atoms with Crippen LogP contribution in [-0.2, 0) is 19.2 Å². The minimum atomic E-state index is -0.663. The van der Waals surface area contributed by atoms with Gasteiger partial charge in [-0.15, -0.1) is 0 Å². The number of ether oxygens (including phenoxy) is 1. The van der Waals surface area contributed by atoms with Crippen molar-refractivity contribution in [2.24, 2.45) is 23.7 Å². The number of esters is 1. The number of amides is 3. The van der Waals surface area contributed by atoms with E-state index in [1.54, 1.807) is 42.5 Å². The first kappa shape index (κ1) is 23.8. The average Bonchev–Trinajstić information content (AvgIpc) is 3.33. The monoisotopic (exact) mass is 514 g/mol. The summed E-state index contributed by atoms with van der Waals surface area (Å²) in [7, 11) is 0. The number of carbonyl (C=O) groups is 4. The number of hydrogen-bond donors (Lipinski definition) is 0. The smallest absolute Gasteiger partial charge is 0.316 e. The molecular weight excluding hydrogens is 491 g/mol. The molecule has 1 saturated carbocycles. The predicted molar refractivity (Wildman–Crippen MR) is 131 cm³/mol. The van der Waals surface area contributed by atoms with Crippen LogP contribution in [0, 0.1) is 23.7 Å². The third-order valence-electron chi connectivity index (χ3n) is 7.18. The summed E-state index contributed by atoms with van der Waals surface area (Å²) in [5.41, 5.74) is 0.929. The second-order valence-electron chi connectivity index (χ2n) is 9.54. The molecule has 2 aromatic rings. The summed E-state index contributed by atoms with van der Waals surface area (Å²) in [4.78, 5) is 53.8. The van der Waals surface area contributed by atoms with Gasteiger partial charge >= 0.3 is 5.97 Å². The van der Waals surface area contributed by atoms with Gasteiger partial charge in [-0.25, -0.2) is 0 Å². The minimum Gasteiger partial charge on any atom is -0.426 e. The predicted octanol–water partition coefficient (Wildman–Crippen LogP) is 4.88. The summed E-state index contributed by atoms with van der Waals surface area (Å²) in [6, 6.07) is 11.3. The fourth-order valence-electron chi connectivity index (χ4n) is 5.31. The van der Waals surface area contributed by atoms with Crippen LogP contribution in [0.3, 0.4) is 0 Å². The van der Waals surface area contributed by atoms with Crippen molar-refractivity contribution in [2.45, 2.75) is 32.6 Å². The Morgan fingerprint density at radius 1 is 0.971 bits per heavy atom. The van der Waals surface area contributed by atoms with E-state index in [4.69, 9.17) is 27.9 Å². The second-order valence-corrected chi connectivity index (χ2v) is 10.3. The van der Waals surface area contributed by atoms with Crippen LogP contribution in [0.1, 0.15) is 32.6 Å². The Bertz CT molecular complexity index is 1210. The Morgan fingerprint density at radius 2 is 1.69 bits per heavy atom. The number of carbonyl (C=O) groups excluding carboxylic acids is 4. The largest absolute Gasteiger partial charge is 0.426 e. The number of rotatable bonds is 4. The fraction of sp³-hybridized carbons (Fsp3) is 0.385. The van der Waals surface area contributed by atoms with Crippen molar-refractivity contribution in [1.82, 2.24) is 0 Å². The Hall–Kier alpha value is -2.90. The molecule has 0 bridgehead atoms. The molecule has 0 N–H and O–H groups in total. The normalized spacial score (nSPS) is 26.3. The number of anilines is 2. The van der Waals surface area contributed by atoms with Crippen molar-refractivity contribution in [1.29, 1.82) is 0 Å². The summed E-state index contributed by atoms with van der Waals surface area (Å²) in [5, 5.41) is 0.583. The summed E-state index contributed by atoms with van der Waals surface area (Å²) in [6.45, 7) is 2.24. The highest BCUT2D eigenvalue weighted by atomic mass is 35.5. The van der Waals surface area contributed by atoms with Gasteiger partial charge in [-0.1, -0.05) is 36.2 Å². The van der Waals surface area contributed by atoms with Gasteiger partial charge in [0.25, 0.3) is 0 Å². The molecule has 0 aromatic heterocycles. The van der Waals surface area contributed by atoms with Gasteiger partial charge < -0.3 is 9.64 Å². The van der Waals surface area contributed by atoms with E-state index < -0.39 is 11.9 Å². The van der Waals surface area contributed by atoms with E-state index in [-0.39, 0.29) is 53.3 Å². The lowest BCUT2D eigenvalue weighted by atomic mass is 9.76. The molecule has 0 unspecified atom stereocenters. The molecule has 1 aliphatic carbocycles. The van der Waals surface area contributed by atoms with Gasteiger partial charge in [0.15, 0.2) is 0 Å². The first-order valence-electron chi connectivity index (χ1n) is 11.7. The molecule has 0 radical (unpaired) electrons. The fourth-order valence-corrected chi connectivity index (χ4v) is 5.70. The average molecular weight is 515 g/mol. The van der Waals surface area contributed by atoms with E-state index in [9.17, 15) is 19.2 Å². The Labute approximate surface area is 212 Å². The highest BCUT2D eigenvalue weighted by molar-refractivity contribution is 6.44. The Kier molecular flexibility index (Phi) is 6.32. The minimum absolute atomic E-state index is 0.00224. The van der Waals surface area contributed by atoms with Crippen molar-refractivity contribution in [3.05, 3.63) is 52.5 Å². The van der Waals surface area contributed by atoms with Crippen molar-refractivity contribution in [3.8, 4) is 5.75 Å². The molecule has 2 heterocycles. The Balaban J connectivity index is 1.25. The maximum atomic E-state index is 12.9. The van der Waals surface area contributed by atoms with Gasteiger partial charge in [-0.05, 0) is 61.6 Å². The highest BCUT2D eigenvalue weighted by Gasteiger charge is 2.50. The number of halogens is 2. The van der Waals surface area contributed by atoms with E-state index in [0.717, 1.165) is 19.3 Å². The van der Waals surface area contributed by atoms with E-state index in [2.05, 4.69) is 6.92 Å². The van der Waals surface area contributed by atoms with E-state index >= 15 is 0 Å². The SMILES string of the molecule is C[C@@H]1CC[C@@H]2C(=O)N(c3ccc(OC(=O)[C@@H]4CC(=O)N(c5cccc(Cl)c5Cl)C4)cc3)C(=O)[C@H]2C1. The standard InChI is InChI=1S/C26H24Cl2N2O5/c1-14-5-10-18-19(11-14)25(33)30(24(18)32)16-6-8-17(9-7-16)35-26(34)15-12-22(31)29(13-15)21-4-2-3-20(27)23(21)28/h2-4,6-9,14-15,18-19H,5,10-13H2,1H3/t14-,15-,18+,19+/m1/s1. The lowest BCUT2D eigenvalue weighted by molar-refractivity contribution is -0.139. The lowest BCUT2D eigenvalue weighted by Crippen LogP contribution is -2.30. The molecule has 2 aromatic carbocycles. The highest BCUT2D eigenvalue weighted by Crippen LogP contribution is 2.42. The molecule has 3 aliphatic rings. The number of nitrogens with zero attached hydrogens (tertiary/aromatic N) is 2. The number of hydrogen-bond acceptors (Lipinski definition) is 5.